The maximum Gasteiger partial charge on any atom is 0.267 e. The number of benzene rings is 1. The molecule has 0 spiro atoms. The Morgan fingerprint density at radius 3 is 2.38 bits per heavy atom. The van der Waals surface area contributed by atoms with Gasteiger partial charge in [0.1, 0.15) is 4.90 Å². The fourth-order valence-electron chi connectivity index (χ4n) is 9.74. The van der Waals surface area contributed by atoms with Crippen LogP contribution in [-0.4, -0.2) is 61.1 Å². The summed E-state index contributed by atoms with van der Waals surface area (Å²) < 4.78 is 65.1. The number of nitrogens with one attached hydrogen (secondary N) is 1. The lowest BCUT2D eigenvalue weighted by Gasteiger charge is -2.61. The Kier molecular flexibility index (Phi) is 7.30. The van der Waals surface area contributed by atoms with Crippen LogP contribution in [0.1, 0.15) is 78.6 Å². The Hall–Kier alpha value is -2.09. The van der Waals surface area contributed by atoms with E-state index >= 15 is 0 Å². The van der Waals surface area contributed by atoms with E-state index in [9.17, 15) is 21.4 Å². The minimum atomic E-state index is -3.98. The third kappa shape index (κ3) is 4.60. The van der Waals surface area contributed by atoms with Crippen LogP contribution in [0, 0.1) is 40.4 Å². The third-order valence-corrected chi connectivity index (χ3v) is 15.2. The zero-order valence-electron chi connectivity index (χ0n) is 25.1. The molecule has 1 heterocycles. The summed E-state index contributed by atoms with van der Waals surface area (Å²) in [5, 5.41) is 12.0. The van der Waals surface area contributed by atoms with Crippen molar-refractivity contribution in [3.05, 3.63) is 12.1 Å². The summed E-state index contributed by atoms with van der Waals surface area (Å²) in [7, 11) is -4.76. The Morgan fingerprint density at radius 2 is 1.67 bits per heavy atom. The molecule has 42 heavy (non-hydrogen) atoms. The van der Waals surface area contributed by atoms with Crippen LogP contribution in [0.3, 0.4) is 0 Å². The molecule has 2 aromatic rings. The van der Waals surface area contributed by atoms with E-state index in [1.54, 1.807) is 6.07 Å². The van der Waals surface area contributed by atoms with Gasteiger partial charge in [0, 0.05) is 25.7 Å². The molecular weight excluding hydrogens is 578 g/mol. The summed E-state index contributed by atoms with van der Waals surface area (Å²) in [6.07, 6.45) is 8.71. The molecule has 4 aliphatic rings. The first-order chi connectivity index (χ1) is 19.7. The van der Waals surface area contributed by atoms with E-state index in [4.69, 9.17) is 9.73 Å². The topological polar surface area (TPSA) is 155 Å². The maximum atomic E-state index is 12.8. The molecule has 0 radical (unpaired) electrons. The lowest BCUT2D eigenvalue weighted by molar-refractivity contribution is -0.106. The lowest BCUT2D eigenvalue weighted by Crippen LogP contribution is -2.54. The predicted octanol–water partition coefficient (Wildman–Crippen LogP) is 5.18. The average molecular weight is 622 g/mol. The molecule has 8 atom stereocenters. The lowest BCUT2D eigenvalue weighted by atomic mass is 9.44. The first-order valence-electron chi connectivity index (χ1n) is 15.1. The van der Waals surface area contributed by atoms with Crippen LogP contribution in [0.15, 0.2) is 26.8 Å². The molecule has 0 saturated heterocycles. The second-order valence-electron chi connectivity index (χ2n) is 14.0. The molecule has 0 amide bonds. The highest BCUT2D eigenvalue weighted by Gasteiger charge is 2.61. The monoisotopic (exact) mass is 621 g/mol. The second kappa shape index (κ2) is 10.2. The minimum Gasteiger partial charge on any atom is -0.285 e. The number of fused-ring (bicyclic) bond motifs is 6. The third-order valence-electron chi connectivity index (χ3n) is 12.0. The number of hydrogen-bond acceptors (Lipinski definition) is 9. The van der Waals surface area contributed by atoms with Crippen molar-refractivity contribution < 1.29 is 26.0 Å². The van der Waals surface area contributed by atoms with E-state index in [1.165, 1.54) is 20.2 Å². The van der Waals surface area contributed by atoms with Gasteiger partial charge in [-0.3, -0.25) is 9.98 Å². The van der Waals surface area contributed by atoms with Crippen molar-refractivity contribution in [2.24, 2.45) is 45.5 Å². The van der Waals surface area contributed by atoms with E-state index in [2.05, 4.69) is 36.5 Å². The molecule has 1 aromatic carbocycles. The van der Waals surface area contributed by atoms with Crippen molar-refractivity contribution in [1.29, 1.82) is 0 Å². The predicted molar refractivity (Wildman–Crippen MR) is 160 cm³/mol. The van der Waals surface area contributed by atoms with Crippen molar-refractivity contribution in [2.45, 2.75) is 88.7 Å². The summed E-state index contributed by atoms with van der Waals surface area (Å²) >= 11 is 0. The van der Waals surface area contributed by atoms with Crippen molar-refractivity contribution in [3.63, 3.8) is 0 Å². The Balaban J connectivity index is 1.20. The van der Waals surface area contributed by atoms with Gasteiger partial charge in [-0.1, -0.05) is 13.8 Å². The molecule has 2 N–H and O–H groups in total. The van der Waals surface area contributed by atoms with Gasteiger partial charge in [-0.2, -0.15) is 13.5 Å². The van der Waals surface area contributed by atoms with Gasteiger partial charge >= 0.3 is 0 Å². The van der Waals surface area contributed by atoms with Gasteiger partial charge in [-0.15, -0.1) is 0 Å². The first-order valence-corrected chi connectivity index (χ1v) is 18.1. The number of rotatable bonds is 6. The van der Waals surface area contributed by atoms with Gasteiger partial charge < -0.3 is 0 Å². The van der Waals surface area contributed by atoms with E-state index in [1.807, 2.05) is 0 Å². The second-order valence-corrected chi connectivity index (χ2v) is 17.8. The van der Waals surface area contributed by atoms with E-state index < -0.39 is 25.4 Å². The van der Waals surface area contributed by atoms with Crippen molar-refractivity contribution in [3.8, 4) is 0 Å². The fourth-order valence-corrected chi connectivity index (χ4v) is 11.6. The maximum absolute atomic E-state index is 12.8. The fraction of sp³-hybridized carbons (Fsp3) is 0.759. The Morgan fingerprint density at radius 1 is 0.976 bits per heavy atom. The highest BCUT2D eigenvalue weighted by molar-refractivity contribution is 7.89. The van der Waals surface area contributed by atoms with E-state index in [-0.39, 0.29) is 21.2 Å². The van der Waals surface area contributed by atoms with Crippen molar-refractivity contribution in [2.75, 3.05) is 19.5 Å². The van der Waals surface area contributed by atoms with Gasteiger partial charge in [0.2, 0.25) is 10.0 Å². The first kappa shape index (κ1) is 30.0. The molecule has 4 aliphatic carbocycles. The molecule has 6 rings (SSSR count). The van der Waals surface area contributed by atoms with Crippen molar-refractivity contribution in [1.82, 2.24) is 14.6 Å². The average Bonchev–Trinajstić information content (AvgIpc) is 3.55. The number of nitrogens with zero attached hydrogens (tertiary/aromatic N) is 4. The standard InChI is InChI=1S/C29H43N5O6S2/c1-17(30-31-24-10-11-25(41(35,36)34(4)5)27-26(24)32-40-33-27)21-8-9-22-20-7-6-18-16-19(42(37,38)39)12-14-28(18,2)23(20)13-15-29(21,22)3/h10-11,18-23,31H,6-9,12-16H2,1-5H3,(H,37,38,39)/b30-17+/t18-,19-,20-,21+,22-,23-,28-,29+/m0/s1. The van der Waals surface area contributed by atoms with Crippen LogP contribution in [0.4, 0.5) is 5.69 Å². The zero-order valence-corrected chi connectivity index (χ0v) is 26.7. The number of anilines is 1. The highest BCUT2D eigenvalue weighted by atomic mass is 32.2. The molecule has 11 nitrogen and oxygen atoms in total. The van der Waals surface area contributed by atoms with Crippen LogP contribution in [0.5, 0.6) is 0 Å². The van der Waals surface area contributed by atoms with Gasteiger partial charge in [0.15, 0.2) is 11.0 Å². The zero-order chi connectivity index (χ0) is 30.2. The van der Waals surface area contributed by atoms with Gasteiger partial charge in [0.25, 0.3) is 10.1 Å². The molecule has 0 unspecified atom stereocenters. The summed E-state index contributed by atoms with van der Waals surface area (Å²) in [5.74, 6) is 2.51. The molecule has 232 valence electrons. The molecule has 0 aliphatic heterocycles. The van der Waals surface area contributed by atoms with Crippen LogP contribution in [0.25, 0.3) is 11.0 Å². The summed E-state index contributed by atoms with van der Waals surface area (Å²) in [4.78, 5) is 0.0350. The number of hydrogen-bond donors (Lipinski definition) is 2. The SMILES string of the molecule is C/C(=N\Nc1ccc(S(=O)(=O)N(C)C)c2nonc12)[C@H]1CC[C@H]2[C@@H]3CC[C@H]4C[C@@H](S(=O)(=O)O)CC[C@]4(C)[C@H]3CC[C@]12C. The summed E-state index contributed by atoms with van der Waals surface area (Å²) in [5.41, 5.74) is 5.47. The van der Waals surface area contributed by atoms with E-state index in [0.717, 1.165) is 55.0 Å². The minimum absolute atomic E-state index is 0.0350. The highest BCUT2D eigenvalue weighted by Crippen LogP contribution is 2.67. The number of aromatic nitrogens is 2. The van der Waals surface area contributed by atoms with Crippen molar-refractivity contribution >= 4 is 42.6 Å². The van der Waals surface area contributed by atoms with Crippen LogP contribution < -0.4 is 5.43 Å². The van der Waals surface area contributed by atoms with Crippen LogP contribution >= 0.6 is 0 Å². The normalized spacial score (nSPS) is 37.4. The smallest absolute Gasteiger partial charge is 0.267 e. The molecule has 1 aromatic heterocycles. The molecule has 4 fully saturated rings. The molecule has 4 saturated carbocycles. The number of hydrazone groups is 1. The van der Waals surface area contributed by atoms with Crippen LogP contribution in [-0.2, 0) is 20.1 Å². The van der Waals surface area contributed by atoms with Gasteiger partial charge in [0.05, 0.1) is 10.9 Å². The van der Waals surface area contributed by atoms with Gasteiger partial charge in [-0.05, 0) is 122 Å². The largest absolute Gasteiger partial charge is 0.285 e. The summed E-state index contributed by atoms with van der Waals surface area (Å²) in [6.45, 7) is 6.92. The quantitative estimate of drug-likeness (QED) is 0.252. The number of sulfonamides is 1. The van der Waals surface area contributed by atoms with Gasteiger partial charge in [-0.25, -0.2) is 17.4 Å². The molecular formula is C29H43N5O6S2. The summed E-state index contributed by atoms with van der Waals surface area (Å²) in [6, 6.07) is 3.16. The molecule has 13 heteroatoms. The van der Waals surface area contributed by atoms with E-state index in [0.29, 0.717) is 53.6 Å². The molecule has 0 bridgehead atoms. The Bertz CT molecular complexity index is 1620. The van der Waals surface area contributed by atoms with Crippen LogP contribution in [0.2, 0.25) is 0 Å². The Labute approximate surface area is 248 Å².